The summed E-state index contributed by atoms with van der Waals surface area (Å²) in [5, 5.41) is 3.11. The van der Waals surface area contributed by atoms with E-state index < -0.39 is 0 Å². The average molecular weight is 296 g/mol. The number of ether oxygens (including phenoxy) is 2. The van der Waals surface area contributed by atoms with Gasteiger partial charge in [0.05, 0.1) is 29.5 Å². The van der Waals surface area contributed by atoms with E-state index in [1.165, 1.54) is 11.1 Å². The Morgan fingerprint density at radius 3 is 3.37 bits per heavy atom. The van der Waals surface area contributed by atoms with E-state index in [9.17, 15) is 0 Å². The second-order valence-electron chi connectivity index (χ2n) is 4.37. The van der Waals surface area contributed by atoms with Gasteiger partial charge < -0.3 is 9.47 Å². The van der Waals surface area contributed by atoms with Crippen LogP contribution in [0.2, 0.25) is 0 Å². The molecule has 0 amide bonds. The van der Waals surface area contributed by atoms with Crippen molar-refractivity contribution in [2.75, 3.05) is 25.6 Å². The van der Waals surface area contributed by atoms with Crippen molar-refractivity contribution in [3.8, 4) is 0 Å². The maximum Gasteiger partial charge on any atom is 0.117 e. The summed E-state index contributed by atoms with van der Waals surface area (Å²) in [4.78, 5) is 8.57. The van der Waals surface area contributed by atoms with Crippen LogP contribution in [0.15, 0.2) is 22.8 Å². The van der Waals surface area contributed by atoms with Gasteiger partial charge in [0.1, 0.15) is 11.4 Å². The Balaban J connectivity index is 1.43. The zero-order chi connectivity index (χ0) is 12.9. The van der Waals surface area contributed by atoms with Gasteiger partial charge in [0.2, 0.25) is 0 Å². The summed E-state index contributed by atoms with van der Waals surface area (Å²) in [5.74, 6) is 0.913. The summed E-state index contributed by atoms with van der Waals surface area (Å²) in [6.45, 7) is 2.35. The zero-order valence-corrected chi connectivity index (χ0v) is 12.2. The van der Waals surface area contributed by atoms with Crippen LogP contribution in [-0.4, -0.2) is 41.6 Å². The molecule has 0 N–H and O–H groups in total. The van der Waals surface area contributed by atoms with Gasteiger partial charge in [0.25, 0.3) is 0 Å². The molecule has 1 fully saturated rings. The minimum Gasteiger partial charge on any atom is -0.378 e. The molecular weight excluding hydrogens is 280 g/mol. The third kappa shape index (κ3) is 3.45. The van der Waals surface area contributed by atoms with Gasteiger partial charge in [0.15, 0.2) is 0 Å². The number of aromatic nitrogens is 2. The minimum atomic E-state index is 0.313. The van der Waals surface area contributed by atoms with Crippen LogP contribution in [0.1, 0.15) is 12.8 Å². The number of nitrogens with zero attached hydrogens (tertiary/aromatic N) is 2. The number of hydrogen-bond acceptors (Lipinski definition) is 6. The highest BCUT2D eigenvalue weighted by Crippen LogP contribution is 2.28. The molecule has 2 aromatic rings. The van der Waals surface area contributed by atoms with Crippen LogP contribution < -0.4 is 0 Å². The molecule has 3 rings (SSSR count). The number of hydrogen-bond donors (Lipinski definition) is 0. The van der Waals surface area contributed by atoms with Crippen LogP contribution in [0.4, 0.5) is 0 Å². The summed E-state index contributed by atoms with van der Waals surface area (Å²) in [6.07, 6.45) is 4.24. The highest BCUT2D eigenvalue weighted by atomic mass is 32.2. The molecule has 102 valence electrons. The molecule has 3 heterocycles. The fraction of sp³-hybridized carbons (Fsp3) is 0.538. The first-order valence-corrected chi connectivity index (χ1v) is 8.30. The number of thiophene rings is 1. The molecule has 1 saturated heterocycles. The quantitative estimate of drug-likeness (QED) is 0.466. The summed E-state index contributed by atoms with van der Waals surface area (Å²) in [5.41, 5.74) is 1.03. The van der Waals surface area contributed by atoms with Gasteiger partial charge in [-0.1, -0.05) is 0 Å². The van der Waals surface area contributed by atoms with Gasteiger partial charge >= 0.3 is 0 Å². The standard InChI is InChI=1S/C13H16N2O2S2/c1-2-10(17-4-1)8-16-5-7-19-13-12-11(3-6-18-12)14-9-15-13/h3,6,9-10H,1-2,4-5,7-8H2/t10-/m0/s1. The largest absolute Gasteiger partial charge is 0.378 e. The SMILES string of the molecule is c1nc(SCCOC[C@@H]2CCCO2)c2sccc2n1. The maximum atomic E-state index is 5.65. The minimum absolute atomic E-state index is 0.313. The summed E-state index contributed by atoms with van der Waals surface area (Å²) < 4.78 is 12.3. The third-order valence-corrected chi connectivity index (χ3v) is 5.00. The van der Waals surface area contributed by atoms with Crippen LogP contribution in [0, 0.1) is 0 Å². The predicted octanol–water partition coefficient (Wildman–Crippen LogP) is 2.98. The van der Waals surface area contributed by atoms with E-state index in [1.807, 2.05) is 6.07 Å². The van der Waals surface area contributed by atoms with Gasteiger partial charge in [-0.3, -0.25) is 0 Å². The van der Waals surface area contributed by atoms with E-state index in [4.69, 9.17) is 9.47 Å². The van der Waals surface area contributed by atoms with Crippen LogP contribution in [0.3, 0.4) is 0 Å². The Bertz CT molecular complexity index is 526. The van der Waals surface area contributed by atoms with Crippen molar-refractivity contribution in [1.82, 2.24) is 9.97 Å². The normalized spacial score (nSPS) is 19.3. The van der Waals surface area contributed by atoms with Gasteiger partial charge in [-0.25, -0.2) is 9.97 Å². The van der Waals surface area contributed by atoms with Crippen molar-refractivity contribution in [3.63, 3.8) is 0 Å². The fourth-order valence-corrected chi connectivity index (χ4v) is 3.86. The van der Waals surface area contributed by atoms with Crippen molar-refractivity contribution in [1.29, 1.82) is 0 Å². The fourth-order valence-electron chi connectivity index (χ4n) is 2.06. The molecule has 2 aromatic heterocycles. The van der Waals surface area contributed by atoms with Crippen LogP contribution in [0.25, 0.3) is 10.2 Å². The Morgan fingerprint density at radius 2 is 2.47 bits per heavy atom. The summed E-state index contributed by atoms with van der Waals surface area (Å²) in [7, 11) is 0. The molecule has 0 radical (unpaired) electrons. The topological polar surface area (TPSA) is 44.2 Å². The van der Waals surface area contributed by atoms with E-state index in [1.54, 1.807) is 29.4 Å². The highest BCUT2D eigenvalue weighted by molar-refractivity contribution is 7.99. The lowest BCUT2D eigenvalue weighted by molar-refractivity contribution is 0.0226. The molecule has 19 heavy (non-hydrogen) atoms. The zero-order valence-electron chi connectivity index (χ0n) is 10.6. The maximum absolute atomic E-state index is 5.65. The molecule has 0 aliphatic carbocycles. The van der Waals surface area contributed by atoms with E-state index in [0.717, 1.165) is 42.5 Å². The second-order valence-corrected chi connectivity index (χ2v) is 6.37. The lowest BCUT2D eigenvalue weighted by atomic mass is 10.2. The third-order valence-electron chi connectivity index (χ3n) is 3.00. The lowest BCUT2D eigenvalue weighted by Crippen LogP contribution is -2.15. The molecular formula is C13H16N2O2S2. The molecule has 4 nitrogen and oxygen atoms in total. The second kappa shape index (κ2) is 6.65. The highest BCUT2D eigenvalue weighted by Gasteiger charge is 2.15. The first kappa shape index (κ1) is 13.3. The predicted molar refractivity (Wildman–Crippen MR) is 77.9 cm³/mol. The molecule has 1 atom stereocenters. The molecule has 0 spiro atoms. The molecule has 0 unspecified atom stereocenters. The van der Waals surface area contributed by atoms with E-state index in [0.29, 0.717) is 6.10 Å². The molecule has 1 aliphatic heterocycles. The average Bonchev–Trinajstić information content (AvgIpc) is 3.09. The molecule has 0 bridgehead atoms. The Morgan fingerprint density at radius 1 is 1.47 bits per heavy atom. The molecule has 0 aromatic carbocycles. The summed E-state index contributed by atoms with van der Waals surface area (Å²) in [6, 6.07) is 2.03. The van der Waals surface area contributed by atoms with E-state index in [-0.39, 0.29) is 0 Å². The summed E-state index contributed by atoms with van der Waals surface area (Å²) >= 11 is 3.42. The Kier molecular flexibility index (Phi) is 4.66. The van der Waals surface area contributed by atoms with Crippen LogP contribution in [0.5, 0.6) is 0 Å². The Labute approximate surface area is 120 Å². The van der Waals surface area contributed by atoms with Gasteiger partial charge in [-0.2, -0.15) is 0 Å². The first-order chi connectivity index (χ1) is 9.43. The number of thioether (sulfide) groups is 1. The number of fused-ring (bicyclic) bond motifs is 1. The first-order valence-electron chi connectivity index (χ1n) is 6.44. The van der Waals surface area contributed by atoms with Gasteiger partial charge in [0, 0.05) is 12.4 Å². The smallest absolute Gasteiger partial charge is 0.117 e. The molecule has 0 saturated carbocycles. The van der Waals surface area contributed by atoms with Crippen LogP contribution in [-0.2, 0) is 9.47 Å². The van der Waals surface area contributed by atoms with Crippen LogP contribution >= 0.6 is 23.1 Å². The molecule has 6 heteroatoms. The molecule has 1 aliphatic rings. The monoisotopic (exact) mass is 296 g/mol. The van der Waals surface area contributed by atoms with Crippen molar-refractivity contribution in [2.45, 2.75) is 24.0 Å². The van der Waals surface area contributed by atoms with Crippen molar-refractivity contribution in [3.05, 3.63) is 17.8 Å². The van der Waals surface area contributed by atoms with E-state index in [2.05, 4.69) is 15.3 Å². The van der Waals surface area contributed by atoms with Gasteiger partial charge in [-0.05, 0) is 24.3 Å². The van der Waals surface area contributed by atoms with Gasteiger partial charge in [-0.15, -0.1) is 23.1 Å². The number of rotatable bonds is 6. The van der Waals surface area contributed by atoms with Crippen molar-refractivity contribution < 1.29 is 9.47 Å². The van der Waals surface area contributed by atoms with Crippen molar-refractivity contribution >= 4 is 33.3 Å². The van der Waals surface area contributed by atoms with Crippen molar-refractivity contribution in [2.24, 2.45) is 0 Å². The lowest BCUT2D eigenvalue weighted by Gasteiger charge is -2.09. The Hall–Kier alpha value is -0.690. The van der Waals surface area contributed by atoms with E-state index >= 15 is 0 Å².